The zero-order valence-electron chi connectivity index (χ0n) is 14.5. The maximum Gasteiger partial charge on any atom is 0.244 e. The normalized spacial score (nSPS) is 17.8. The number of hydrogen-bond donors (Lipinski definition) is 2. The van der Waals surface area contributed by atoms with Crippen LogP contribution in [0.15, 0.2) is 63.9 Å². The van der Waals surface area contributed by atoms with Crippen LogP contribution in [0.25, 0.3) is 17.0 Å². The van der Waals surface area contributed by atoms with Crippen molar-refractivity contribution >= 4 is 28.6 Å². The molecule has 4 rings (SSSR count). The average molecular weight is 347 g/mol. The summed E-state index contributed by atoms with van der Waals surface area (Å²) in [5, 5.41) is 5.48. The van der Waals surface area contributed by atoms with Crippen molar-refractivity contribution in [2.45, 2.75) is 32.1 Å². The SMILES string of the molecule is O=C(Cc1c[nH]c2ccccc12)N/N=C1/CCCC/C1=C\c1ccco1. The summed E-state index contributed by atoms with van der Waals surface area (Å²) in [6.07, 6.45) is 9.93. The number of aromatic nitrogens is 1. The zero-order valence-corrected chi connectivity index (χ0v) is 14.5. The Balaban J connectivity index is 1.46. The van der Waals surface area contributed by atoms with Crippen molar-refractivity contribution in [2.24, 2.45) is 5.10 Å². The predicted octanol–water partition coefficient (Wildman–Crippen LogP) is 4.43. The van der Waals surface area contributed by atoms with Crippen LogP contribution in [0.4, 0.5) is 0 Å². The fraction of sp³-hybridized carbons (Fsp3) is 0.238. The van der Waals surface area contributed by atoms with E-state index in [0.717, 1.165) is 59.2 Å². The van der Waals surface area contributed by atoms with Crippen molar-refractivity contribution in [1.82, 2.24) is 10.4 Å². The maximum atomic E-state index is 12.4. The molecule has 0 spiro atoms. The number of rotatable bonds is 4. The first kappa shape index (κ1) is 16.4. The molecule has 1 aromatic carbocycles. The van der Waals surface area contributed by atoms with Crippen molar-refractivity contribution in [3.63, 3.8) is 0 Å². The number of carbonyl (C=O) groups excluding carboxylic acids is 1. The van der Waals surface area contributed by atoms with Gasteiger partial charge < -0.3 is 9.40 Å². The fourth-order valence-electron chi connectivity index (χ4n) is 3.36. The highest BCUT2D eigenvalue weighted by molar-refractivity contribution is 6.04. The Morgan fingerprint density at radius 1 is 1.19 bits per heavy atom. The number of nitrogens with one attached hydrogen (secondary N) is 2. The molecule has 0 aliphatic heterocycles. The van der Waals surface area contributed by atoms with Crippen LogP contribution in [0.3, 0.4) is 0 Å². The molecule has 5 nitrogen and oxygen atoms in total. The van der Waals surface area contributed by atoms with Gasteiger partial charge in [-0.25, -0.2) is 5.43 Å². The highest BCUT2D eigenvalue weighted by atomic mass is 16.3. The minimum Gasteiger partial charge on any atom is -0.465 e. The molecule has 0 saturated heterocycles. The number of benzene rings is 1. The van der Waals surface area contributed by atoms with Crippen molar-refractivity contribution in [3.05, 3.63) is 65.8 Å². The van der Waals surface area contributed by atoms with Gasteiger partial charge in [-0.3, -0.25) is 4.79 Å². The Bertz CT molecular complexity index is 964. The predicted molar refractivity (Wildman–Crippen MR) is 103 cm³/mol. The van der Waals surface area contributed by atoms with Crippen LogP contribution < -0.4 is 5.43 Å². The van der Waals surface area contributed by atoms with Gasteiger partial charge in [0.05, 0.1) is 18.4 Å². The van der Waals surface area contributed by atoms with Crippen molar-refractivity contribution in [2.75, 3.05) is 0 Å². The molecule has 3 aromatic rings. The lowest BCUT2D eigenvalue weighted by atomic mass is 9.92. The minimum atomic E-state index is -0.106. The summed E-state index contributed by atoms with van der Waals surface area (Å²) in [7, 11) is 0. The van der Waals surface area contributed by atoms with E-state index in [9.17, 15) is 4.79 Å². The quantitative estimate of drug-likeness (QED) is 0.685. The van der Waals surface area contributed by atoms with Crippen molar-refractivity contribution < 1.29 is 9.21 Å². The van der Waals surface area contributed by atoms with E-state index in [4.69, 9.17) is 4.42 Å². The lowest BCUT2D eigenvalue weighted by Crippen LogP contribution is -2.23. The molecule has 26 heavy (non-hydrogen) atoms. The fourth-order valence-corrected chi connectivity index (χ4v) is 3.36. The van der Waals surface area contributed by atoms with Crippen molar-refractivity contribution in [1.29, 1.82) is 0 Å². The topological polar surface area (TPSA) is 70.4 Å². The van der Waals surface area contributed by atoms with Crippen LogP contribution in [-0.2, 0) is 11.2 Å². The maximum absolute atomic E-state index is 12.4. The highest BCUT2D eigenvalue weighted by Crippen LogP contribution is 2.23. The molecule has 1 aliphatic carbocycles. The molecule has 0 bridgehead atoms. The molecule has 1 saturated carbocycles. The highest BCUT2D eigenvalue weighted by Gasteiger charge is 2.15. The molecule has 0 atom stereocenters. The van der Waals surface area contributed by atoms with Gasteiger partial charge in [0.25, 0.3) is 0 Å². The number of furan rings is 1. The largest absolute Gasteiger partial charge is 0.465 e. The molecule has 0 unspecified atom stereocenters. The second-order valence-corrected chi connectivity index (χ2v) is 6.52. The molecule has 1 fully saturated rings. The monoisotopic (exact) mass is 347 g/mol. The van der Waals surface area contributed by atoms with Crippen LogP contribution in [0.1, 0.15) is 37.0 Å². The summed E-state index contributed by atoms with van der Waals surface area (Å²) in [5.74, 6) is 0.713. The number of fused-ring (bicyclic) bond motifs is 1. The van der Waals surface area contributed by atoms with Crippen LogP contribution in [0.5, 0.6) is 0 Å². The number of carbonyl (C=O) groups is 1. The van der Waals surface area contributed by atoms with Crippen LogP contribution in [-0.4, -0.2) is 16.6 Å². The van der Waals surface area contributed by atoms with Gasteiger partial charge in [0.15, 0.2) is 0 Å². The summed E-state index contributed by atoms with van der Waals surface area (Å²) >= 11 is 0. The number of amides is 1. The van der Waals surface area contributed by atoms with Crippen LogP contribution >= 0.6 is 0 Å². The van der Waals surface area contributed by atoms with E-state index < -0.39 is 0 Å². The molecular formula is C21H21N3O2. The van der Waals surface area contributed by atoms with E-state index in [1.54, 1.807) is 6.26 Å². The number of nitrogens with zero attached hydrogens (tertiary/aromatic N) is 1. The van der Waals surface area contributed by atoms with Crippen LogP contribution in [0, 0.1) is 0 Å². The van der Waals surface area contributed by atoms with E-state index >= 15 is 0 Å². The van der Waals surface area contributed by atoms with Crippen molar-refractivity contribution in [3.8, 4) is 0 Å². The Kier molecular flexibility index (Phi) is 4.69. The summed E-state index contributed by atoms with van der Waals surface area (Å²) in [6, 6.07) is 11.8. The Hall–Kier alpha value is -3.08. The molecular weight excluding hydrogens is 326 g/mol. The molecule has 5 heteroatoms. The Morgan fingerprint density at radius 2 is 2.08 bits per heavy atom. The van der Waals surface area contributed by atoms with Gasteiger partial charge >= 0.3 is 0 Å². The number of para-hydroxylation sites is 1. The third kappa shape index (κ3) is 3.61. The molecule has 132 valence electrons. The van der Waals surface area contributed by atoms with Gasteiger partial charge in [-0.1, -0.05) is 18.2 Å². The number of allylic oxidation sites excluding steroid dienone is 1. The van der Waals surface area contributed by atoms with E-state index in [2.05, 4.69) is 15.5 Å². The first-order valence-corrected chi connectivity index (χ1v) is 8.94. The molecule has 2 heterocycles. The van der Waals surface area contributed by atoms with E-state index in [1.165, 1.54) is 0 Å². The van der Waals surface area contributed by atoms with Gasteiger partial charge in [-0.05, 0) is 61.1 Å². The smallest absolute Gasteiger partial charge is 0.244 e. The molecule has 0 radical (unpaired) electrons. The van der Waals surface area contributed by atoms with Gasteiger partial charge in [0.2, 0.25) is 5.91 Å². The van der Waals surface area contributed by atoms with Gasteiger partial charge in [-0.15, -0.1) is 0 Å². The van der Waals surface area contributed by atoms with Crippen LogP contribution in [0.2, 0.25) is 0 Å². The first-order valence-electron chi connectivity index (χ1n) is 8.94. The second kappa shape index (κ2) is 7.44. The standard InChI is InChI=1S/C21H21N3O2/c25-21(13-16-14-22-20-10-4-2-8-18(16)20)24-23-19-9-3-1-6-15(19)12-17-7-5-11-26-17/h2,4-5,7-8,10-12,14,22H,1,3,6,9,13H2,(H,24,25)/b15-12+,23-19-. The summed E-state index contributed by atoms with van der Waals surface area (Å²) in [6.45, 7) is 0. The number of hydrogen-bond acceptors (Lipinski definition) is 3. The van der Waals surface area contributed by atoms with Gasteiger partial charge in [0.1, 0.15) is 5.76 Å². The molecule has 2 aromatic heterocycles. The molecule has 1 amide bonds. The minimum absolute atomic E-state index is 0.106. The summed E-state index contributed by atoms with van der Waals surface area (Å²) in [4.78, 5) is 15.5. The van der Waals surface area contributed by atoms with E-state index in [0.29, 0.717) is 6.42 Å². The Morgan fingerprint density at radius 3 is 2.96 bits per heavy atom. The number of hydrazone groups is 1. The summed E-state index contributed by atoms with van der Waals surface area (Å²) in [5.41, 5.74) is 6.83. The first-order chi connectivity index (χ1) is 12.8. The van der Waals surface area contributed by atoms with Gasteiger partial charge in [0, 0.05) is 17.1 Å². The van der Waals surface area contributed by atoms with E-state index in [-0.39, 0.29) is 5.91 Å². The van der Waals surface area contributed by atoms with E-state index in [1.807, 2.05) is 48.7 Å². The third-order valence-corrected chi connectivity index (χ3v) is 4.68. The lowest BCUT2D eigenvalue weighted by Gasteiger charge is -2.16. The zero-order chi connectivity index (χ0) is 17.8. The lowest BCUT2D eigenvalue weighted by molar-refractivity contribution is -0.120. The number of H-pyrrole nitrogens is 1. The summed E-state index contributed by atoms with van der Waals surface area (Å²) < 4.78 is 5.40. The molecule has 1 aliphatic rings. The molecule has 2 N–H and O–H groups in total. The number of aromatic amines is 1. The Labute approximate surface area is 151 Å². The average Bonchev–Trinajstić information content (AvgIpc) is 3.31. The van der Waals surface area contributed by atoms with Gasteiger partial charge in [-0.2, -0.15) is 5.10 Å². The third-order valence-electron chi connectivity index (χ3n) is 4.68. The second-order valence-electron chi connectivity index (χ2n) is 6.52.